The van der Waals surface area contributed by atoms with Gasteiger partial charge in [-0.25, -0.2) is 9.59 Å². The first-order valence-corrected chi connectivity index (χ1v) is 8.17. The monoisotopic (exact) mass is 339 g/mol. The molecule has 1 heterocycles. The van der Waals surface area contributed by atoms with Crippen LogP contribution in [0.25, 0.3) is 0 Å². The van der Waals surface area contributed by atoms with Gasteiger partial charge in [0.25, 0.3) is 0 Å². The molecule has 1 aliphatic rings. The number of carbonyl (C=O) groups is 2. The van der Waals surface area contributed by atoms with E-state index in [0.717, 1.165) is 12.0 Å². The van der Waals surface area contributed by atoms with Crippen LogP contribution in [-0.4, -0.2) is 61.3 Å². The van der Waals surface area contributed by atoms with Crippen molar-refractivity contribution in [2.24, 2.45) is 0 Å². The van der Waals surface area contributed by atoms with Gasteiger partial charge in [0.05, 0.1) is 6.61 Å². The average Bonchev–Trinajstić information content (AvgIpc) is 2.55. The van der Waals surface area contributed by atoms with Crippen molar-refractivity contribution in [3.8, 4) is 0 Å². The lowest BCUT2D eigenvalue weighted by atomic mass is 10.1. The molecule has 7 heteroatoms. The van der Waals surface area contributed by atoms with Gasteiger partial charge in [-0.15, -0.1) is 0 Å². The minimum Gasteiger partial charge on any atom is -0.450 e. The number of ether oxygens (including phenoxy) is 1. The molecule has 1 aromatic rings. The van der Waals surface area contributed by atoms with Crippen molar-refractivity contribution in [1.82, 2.24) is 15.1 Å². The summed E-state index contributed by atoms with van der Waals surface area (Å²) >= 11 is 5.93. The van der Waals surface area contributed by atoms with Crippen LogP contribution in [0.5, 0.6) is 0 Å². The molecule has 0 saturated carbocycles. The van der Waals surface area contributed by atoms with E-state index in [2.05, 4.69) is 5.32 Å². The van der Waals surface area contributed by atoms with Crippen LogP contribution in [0.4, 0.5) is 9.59 Å². The molecule has 1 fully saturated rings. The van der Waals surface area contributed by atoms with E-state index in [0.29, 0.717) is 44.4 Å². The van der Waals surface area contributed by atoms with E-state index < -0.39 is 0 Å². The number of urea groups is 1. The first-order valence-electron chi connectivity index (χ1n) is 7.79. The van der Waals surface area contributed by atoms with Gasteiger partial charge < -0.3 is 19.9 Å². The molecule has 0 bridgehead atoms. The maximum absolute atomic E-state index is 12.1. The molecule has 6 nitrogen and oxygen atoms in total. The third kappa shape index (κ3) is 5.32. The van der Waals surface area contributed by atoms with Gasteiger partial charge in [-0.05, 0) is 31.0 Å². The predicted octanol–water partition coefficient (Wildman–Crippen LogP) is 2.37. The van der Waals surface area contributed by atoms with Crippen molar-refractivity contribution in [3.05, 3.63) is 34.9 Å². The van der Waals surface area contributed by atoms with Crippen LogP contribution in [0, 0.1) is 0 Å². The number of piperazine rings is 1. The van der Waals surface area contributed by atoms with Crippen LogP contribution >= 0.6 is 11.6 Å². The van der Waals surface area contributed by atoms with Crippen molar-refractivity contribution in [2.75, 3.05) is 39.3 Å². The largest absolute Gasteiger partial charge is 0.450 e. The number of nitrogens with zero attached hydrogens (tertiary/aromatic N) is 2. The maximum Gasteiger partial charge on any atom is 0.409 e. The fourth-order valence-corrected chi connectivity index (χ4v) is 2.64. The summed E-state index contributed by atoms with van der Waals surface area (Å²) in [5, 5.41) is 3.60. The molecule has 1 saturated heterocycles. The van der Waals surface area contributed by atoms with Crippen molar-refractivity contribution in [3.63, 3.8) is 0 Å². The zero-order valence-corrected chi connectivity index (χ0v) is 14.0. The van der Waals surface area contributed by atoms with E-state index in [1.54, 1.807) is 16.7 Å². The second kappa shape index (κ2) is 8.62. The molecule has 0 spiro atoms. The molecule has 1 aliphatic heterocycles. The summed E-state index contributed by atoms with van der Waals surface area (Å²) in [4.78, 5) is 27.1. The van der Waals surface area contributed by atoms with E-state index in [1.165, 1.54) is 0 Å². The molecule has 2 rings (SSSR count). The quantitative estimate of drug-likeness (QED) is 0.916. The summed E-state index contributed by atoms with van der Waals surface area (Å²) in [7, 11) is 0. The van der Waals surface area contributed by atoms with Gasteiger partial charge in [0, 0.05) is 37.7 Å². The van der Waals surface area contributed by atoms with Gasteiger partial charge in [-0.2, -0.15) is 0 Å². The van der Waals surface area contributed by atoms with Crippen LogP contribution in [0.1, 0.15) is 12.5 Å². The average molecular weight is 340 g/mol. The SMILES string of the molecule is CCOC(=O)N1CCN(C(=O)NCCc2cccc(Cl)c2)CC1. The Kier molecular flexibility index (Phi) is 6.52. The summed E-state index contributed by atoms with van der Waals surface area (Å²) in [5.41, 5.74) is 1.09. The molecule has 1 aromatic carbocycles. The summed E-state index contributed by atoms with van der Waals surface area (Å²) < 4.78 is 4.96. The molecule has 23 heavy (non-hydrogen) atoms. The van der Waals surface area contributed by atoms with E-state index in [4.69, 9.17) is 16.3 Å². The smallest absolute Gasteiger partial charge is 0.409 e. The van der Waals surface area contributed by atoms with Crippen LogP contribution in [0.15, 0.2) is 24.3 Å². The highest BCUT2D eigenvalue weighted by molar-refractivity contribution is 6.30. The molecule has 3 amide bonds. The summed E-state index contributed by atoms with van der Waals surface area (Å²) in [6, 6.07) is 7.50. The molecular weight excluding hydrogens is 318 g/mol. The maximum atomic E-state index is 12.1. The normalized spacial score (nSPS) is 14.5. The lowest BCUT2D eigenvalue weighted by molar-refractivity contribution is 0.0852. The molecule has 0 aromatic heterocycles. The second-order valence-corrected chi connectivity index (χ2v) is 5.72. The van der Waals surface area contributed by atoms with Crippen LogP contribution in [-0.2, 0) is 11.2 Å². The number of nitrogens with one attached hydrogen (secondary N) is 1. The fourth-order valence-electron chi connectivity index (χ4n) is 2.42. The minimum absolute atomic E-state index is 0.101. The third-order valence-electron chi connectivity index (χ3n) is 3.67. The topological polar surface area (TPSA) is 61.9 Å². The number of hydrogen-bond donors (Lipinski definition) is 1. The lowest BCUT2D eigenvalue weighted by Gasteiger charge is -2.34. The van der Waals surface area contributed by atoms with Crippen LogP contribution in [0.3, 0.4) is 0 Å². The Bertz CT molecular complexity index is 545. The Balaban J connectivity index is 1.70. The van der Waals surface area contributed by atoms with E-state index >= 15 is 0 Å². The summed E-state index contributed by atoms with van der Waals surface area (Å²) in [5.74, 6) is 0. The second-order valence-electron chi connectivity index (χ2n) is 5.28. The standard InChI is InChI=1S/C16H22ClN3O3/c1-2-23-16(22)20-10-8-19(9-11-20)15(21)18-7-6-13-4-3-5-14(17)12-13/h3-5,12H,2,6-11H2,1H3,(H,18,21). The lowest BCUT2D eigenvalue weighted by Crippen LogP contribution is -2.53. The summed E-state index contributed by atoms with van der Waals surface area (Å²) in [6.07, 6.45) is 0.420. The van der Waals surface area contributed by atoms with Crippen molar-refractivity contribution < 1.29 is 14.3 Å². The Hall–Kier alpha value is -1.95. The van der Waals surface area contributed by atoms with E-state index in [1.807, 2.05) is 24.3 Å². The highest BCUT2D eigenvalue weighted by Gasteiger charge is 2.24. The van der Waals surface area contributed by atoms with Crippen molar-refractivity contribution >= 4 is 23.7 Å². The van der Waals surface area contributed by atoms with Gasteiger partial charge >= 0.3 is 12.1 Å². The fraction of sp³-hybridized carbons (Fsp3) is 0.500. The molecule has 0 aliphatic carbocycles. The predicted molar refractivity (Wildman–Crippen MR) is 88.7 cm³/mol. The van der Waals surface area contributed by atoms with Gasteiger partial charge in [0.1, 0.15) is 0 Å². The highest BCUT2D eigenvalue weighted by atomic mass is 35.5. The van der Waals surface area contributed by atoms with E-state index in [-0.39, 0.29) is 12.1 Å². The molecule has 1 N–H and O–H groups in total. The van der Waals surface area contributed by atoms with Gasteiger partial charge in [0.15, 0.2) is 0 Å². The number of benzene rings is 1. The van der Waals surface area contributed by atoms with Gasteiger partial charge in [0.2, 0.25) is 0 Å². The Morgan fingerprint density at radius 1 is 1.22 bits per heavy atom. The summed E-state index contributed by atoms with van der Waals surface area (Å²) in [6.45, 7) is 4.73. The third-order valence-corrected chi connectivity index (χ3v) is 3.91. The number of carbonyl (C=O) groups excluding carboxylic acids is 2. The number of halogens is 1. The first-order chi connectivity index (χ1) is 11.1. The van der Waals surface area contributed by atoms with Crippen molar-refractivity contribution in [2.45, 2.75) is 13.3 Å². The highest BCUT2D eigenvalue weighted by Crippen LogP contribution is 2.10. The number of rotatable bonds is 4. The minimum atomic E-state index is -0.312. The number of amides is 3. The molecular formula is C16H22ClN3O3. The molecule has 0 radical (unpaired) electrons. The van der Waals surface area contributed by atoms with Gasteiger partial charge in [-0.3, -0.25) is 0 Å². The number of hydrogen-bond acceptors (Lipinski definition) is 3. The molecule has 126 valence electrons. The molecule has 0 atom stereocenters. The van der Waals surface area contributed by atoms with Gasteiger partial charge in [-0.1, -0.05) is 23.7 Å². The van der Waals surface area contributed by atoms with Crippen LogP contribution in [0.2, 0.25) is 5.02 Å². The Morgan fingerprint density at radius 3 is 2.57 bits per heavy atom. The van der Waals surface area contributed by atoms with E-state index in [9.17, 15) is 9.59 Å². The zero-order chi connectivity index (χ0) is 16.7. The van der Waals surface area contributed by atoms with Crippen LogP contribution < -0.4 is 5.32 Å². The zero-order valence-electron chi connectivity index (χ0n) is 13.3. The Morgan fingerprint density at radius 2 is 1.91 bits per heavy atom. The Labute approximate surface area is 141 Å². The first kappa shape index (κ1) is 17.4. The molecule has 0 unspecified atom stereocenters. The van der Waals surface area contributed by atoms with Crippen molar-refractivity contribution in [1.29, 1.82) is 0 Å².